The highest BCUT2D eigenvalue weighted by molar-refractivity contribution is 6.00. The van der Waals surface area contributed by atoms with E-state index < -0.39 is 23.7 Å². The maximum atomic E-state index is 13.7. The van der Waals surface area contributed by atoms with Crippen LogP contribution in [0.4, 0.5) is 23.2 Å². The molecule has 3 atom stereocenters. The predicted molar refractivity (Wildman–Crippen MR) is 142 cm³/mol. The van der Waals surface area contributed by atoms with E-state index in [-0.39, 0.29) is 42.4 Å². The summed E-state index contributed by atoms with van der Waals surface area (Å²) >= 11 is 0. The van der Waals surface area contributed by atoms with E-state index in [4.69, 9.17) is 16.4 Å². The zero-order valence-corrected chi connectivity index (χ0v) is 22.1. The van der Waals surface area contributed by atoms with Crippen molar-refractivity contribution in [3.05, 3.63) is 71.0 Å². The van der Waals surface area contributed by atoms with Crippen molar-refractivity contribution in [1.82, 2.24) is 0 Å². The Morgan fingerprint density at radius 1 is 1.21 bits per heavy atom. The highest BCUT2D eigenvalue weighted by Crippen LogP contribution is 2.47. The zero-order chi connectivity index (χ0) is 28.9. The van der Waals surface area contributed by atoms with E-state index in [1.54, 1.807) is 18.2 Å². The molecule has 39 heavy (non-hydrogen) atoms. The third-order valence-corrected chi connectivity index (χ3v) is 7.15. The number of methoxy groups -OCH3 is 1. The molecule has 2 unspecified atom stereocenters. The van der Waals surface area contributed by atoms with Crippen LogP contribution in [0.1, 0.15) is 61.6 Å². The summed E-state index contributed by atoms with van der Waals surface area (Å²) in [4.78, 5) is 12.6. The van der Waals surface area contributed by atoms with Crippen molar-refractivity contribution in [2.45, 2.75) is 51.1 Å². The van der Waals surface area contributed by atoms with Crippen molar-refractivity contribution < 1.29 is 32.2 Å². The quantitative estimate of drug-likeness (QED) is 0.104. The van der Waals surface area contributed by atoms with Crippen LogP contribution >= 0.6 is 0 Å². The molecule has 3 rings (SSSR count). The number of benzene rings is 2. The number of nitrogens with two attached hydrogens (primary N) is 2. The number of rotatable bonds is 8. The van der Waals surface area contributed by atoms with Gasteiger partial charge in [-0.2, -0.15) is 18.3 Å². The van der Waals surface area contributed by atoms with E-state index in [1.807, 2.05) is 19.9 Å². The summed E-state index contributed by atoms with van der Waals surface area (Å²) in [5, 5.41) is 13.1. The Morgan fingerprint density at radius 3 is 2.41 bits per heavy atom. The Labute approximate surface area is 225 Å². The number of alkyl halides is 3. The number of hydrazine groups is 1. The maximum Gasteiger partial charge on any atom is 0.452 e. The number of aliphatic hydroxyl groups is 1. The van der Waals surface area contributed by atoms with Gasteiger partial charge in [0.15, 0.2) is 0 Å². The molecule has 0 heterocycles. The molecule has 0 bridgehead atoms. The van der Waals surface area contributed by atoms with Gasteiger partial charge in [0, 0.05) is 12.5 Å². The molecule has 0 spiro atoms. The molecule has 0 aromatic heterocycles. The minimum Gasteiger partial charge on any atom is -0.469 e. The highest BCUT2D eigenvalue weighted by atomic mass is 19.4. The number of nitrogens with zero attached hydrogens (tertiary/aromatic N) is 2. The first kappa shape index (κ1) is 30.1. The molecule has 212 valence electrons. The van der Waals surface area contributed by atoms with Crippen LogP contribution in [-0.4, -0.2) is 36.8 Å². The van der Waals surface area contributed by atoms with Crippen molar-refractivity contribution in [3.8, 4) is 0 Å². The van der Waals surface area contributed by atoms with Crippen molar-refractivity contribution in [2.75, 3.05) is 18.7 Å². The fourth-order valence-electron chi connectivity index (χ4n) is 5.35. The molecule has 0 saturated heterocycles. The summed E-state index contributed by atoms with van der Waals surface area (Å²) in [6.45, 7) is 3.68. The first-order valence-electron chi connectivity index (χ1n) is 12.6. The second kappa shape index (κ2) is 12.6. The van der Waals surface area contributed by atoms with Crippen molar-refractivity contribution in [2.24, 2.45) is 28.6 Å². The minimum atomic E-state index is -4.88. The molecule has 0 amide bonds. The third-order valence-electron chi connectivity index (χ3n) is 7.15. The van der Waals surface area contributed by atoms with E-state index in [0.717, 1.165) is 11.1 Å². The van der Waals surface area contributed by atoms with Crippen LogP contribution < -0.4 is 16.7 Å². The Balaban J connectivity index is 2.14. The van der Waals surface area contributed by atoms with Crippen molar-refractivity contribution in [3.63, 3.8) is 0 Å². The Morgan fingerprint density at radius 2 is 1.87 bits per heavy atom. The monoisotopic (exact) mass is 550 g/mol. The molecule has 1 aliphatic carbocycles. The van der Waals surface area contributed by atoms with Crippen LogP contribution in [0.3, 0.4) is 0 Å². The number of hydrogen-bond acceptors (Lipinski definition) is 6. The molecule has 7 nitrogen and oxygen atoms in total. The second-order valence-electron chi connectivity index (χ2n) is 9.86. The first-order valence-corrected chi connectivity index (χ1v) is 12.6. The fraction of sp³-hybridized carbons (Fsp3) is 0.429. The molecule has 1 fully saturated rings. The Bertz CT molecular complexity index is 1210. The smallest absolute Gasteiger partial charge is 0.452 e. The number of esters is 1. The molecule has 1 saturated carbocycles. The van der Waals surface area contributed by atoms with Gasteiger partial charge < -0.3 is 15.7 Å². The maximum absolute atomic E-state index is 13.7. The standard InChI is InChI=1S/C28H34F4N4O3/c1-16(2)22-11-9-21(36(34)27(35-33)28(30,31)32)15-24(22)18(12-13-37)14-19-6-10-23(26(38)39-3)25(19)17-4-7-20(29)8-5-17/h4-5,7-9,11,14-16,19,23,25,37H,6,10,12-13,33-34H2,1-3H3/b18-14+,35-27-/t19?,23?,25-/m0/s1. The summed E-state index contributed by atoms with van der Waals surface area (Å²) in [5.41, 5.74) is 2.93. The first-order chi connectivity index (χ1) is 18.4. The molecular weight excluding hydrogens is 516 g/mol. The highest BCUT2D eigenvalue weighted by Gasteiger charge is 2.42. The van der Waals surface area contributed by atoms with Crippen LogP contribution in [0, 0.1) is 17.7 Å². The molecule has 5 N–H and O–H groups in total. The van der Waals surface area contributed by atoms with Gasteiger partial charge in [0.1, 0.15) is 5.82 Å². The number of halogens is 4. The number of carbonyl (C=O) groups is 1. The summed E-state index contributed by atoms with van der Waals surface area (Å²) in [7, 11) is 1.32. The van der Waals surface area contributed by atoms with Gasteiger partial charge in [-0.3, -0.25) is 9.80 Å². The summed E-state index contributed by atoms with van der Waals surface area (Å²) in [6.07, 6.45) is -1.55. The molecular formula is C28H34F4N4O3. The molecule has 11 heteroatoms. The lowest BCUT2D eigenvalue weighted by Crippen LogP contribution is -2.46. The fourth-order valence-corrected chi connectivity index (χ4v) is 5.35. The van der Waals surface area contributed by atoms with Crippen LogP contribution in [0.25, 0.3) is 5.57 Å². The second-order valence-corrected chi connectivity index (χ2v) is 9.86. The average Bonchev–Trinajstić information content (AvgIpc) is 3.31. The lowest BCUT2D eigenvalue weighted by atomic mass is 9.80. The summed E-state index contributed by atoms with van der Waals surface area (Å²) in [5.74, 6) is 7.60. The number of anilines is 1. The van der Waals surface area contributed by atoms with Gasteiger partial charge in [-0.25, -0.2) is 10.2 Å². The number of aliphatic hydroxyl groups excluding tert-OH is 1. The van der Waals surface area contributed by atoms with Gasteiger partial charge in [0.25, 0.3) is 0 Å². The van der Waals surface area contributed by atoms with E-state index in [2.05, 4.69) is 5.10 Å². The van der Waals surface area contributed by atoms with Gasteiger partial charge in [-0.15, -0.1) is 0 Å². The van der Waals surface area contributed by atoms with Gasteiger partial charge in [0.05, 0.1) is 18.7 Å². The Hall–Kier alpha value is -3.44. The molecule has 2 aromatic rings. The predicted octanol–water partition coefficient (Wildman–Crippen LogP) is 5.21. The molecule has 0 radical (unpaired) electrons. The van der Waals surface area contributed by atoms with Crippen molar-refractivity contribution in [1.29, 1.82) is 0 Å². The third kappa shape index (κ3) is 6.77. The number of carbonyl (C=O) groups excluding carboxylic acids is 1. The SMILES string of the molecule is COC(=O)C1CCC(/C=C(\CCO)c2cc(N(N)/C(=N\N)C(F)(F)F)ccc2C(C)C)[C@@H]1c1ccc(F)cc1. The lowest BCUT2D eigenvalue weighted by molar-refractivity contribution is -0.145. The summed E-state index contributed by atoms with van der Waals surface area (Å²) < 4.78 is 59.0. The largest absolute Gasteiger partial charge is 0.469 e. The number of ether oxygens (including phenoxy) is 1. The number of hydrazone groups is 1. The Kier molecular flexibility index (Phi) is 9.73. The number of allylic oxidation sites excluding steroid dienone is 1. The zero-order valence-electron chi connectivity index (χ0n) is 22.1. The van der Waals surface area contributed by atoms with Crippen molar-refractivity contribution >= 4 is 23.1 Å². The van der Waals surface area contributed by atoms with Crippen LogP contribution in [0.15, 0.2) is 53.6 Å². The molecule has 2 aromatic carbocycles. The van der Waals surface area contributed by atoms with E-state index in [9.17, 15) is 27.5 Å². The average molecular weight is 551 g/mol. The molecule has 0 aliphatic heterocycles. The van der Waals surface area contributed by atoms with Gasteiger partial charge >= 0.3 is 12.1 Å². The van der Waals surface area contributed by atoms with E-state index in [1.165, 1.54) is 31.4 Å². The van der Waals surface area contributed by atoms with Crippen LogP contribution in [0.2, 0.25) is 0 Å². The van der Waals surface area contributed by atoms with Gasteiger partial charge in [-0.1, -0.05) is 38.1 Å². The number of amidine groups is 1. The summed E-state index contributed by atoms with van der Waals surface area (Å²) in [6, 6.07) is 10.6. The molecule has 1 aliphatic rings. The van der Waals surface area contributed by atoms with Gasteiger partial charge in [-0.05, 0) is 77.6 Å². The minimum absolute atomic E-state index is 0.00748. The lowest BCUT2D eigenvalue weighted by Gasteiger charge is -2.26. The normalized spacial score (nSPS) is 20.4. The van der Waals surface area contributed by atoms with E-state index in [0.29, 0.717) is 29.0 Å². The van der Waals surface area contributed by atoms with E-state index >= 15 is 0 Å². The topological polar surface area (TPSA) is 114 Å². The number of hydrogen-bond donors (Lipinski definition) is 3. The van der Waals surface area contributed by atoms with Gasteiger partial charge in [0.2, 0.25) is 5.84 Å². The van der Waals surface area contributed by atoms with Crippen LogP contribution in [-0.2, 0) is 9.53 Å². The van der Waals surface area contributed by atoms with Crippen LogP contribution in [0.5, 0.6) is 0 Å².